The average molecular weight is 290 g/mol. The maximum absolute atomic E-state index is 13.0. The third kappa shape index (κ3) is 3.29. The monoisotopic (exact) mass is 290 g/mol. The summed E-state index contributed by atoms with van der Waals surface area (Å²) in [6.07, 6.45) is 0. The minimum absolute atomic E-state index is 0.281. The number of rotatable bonds is 3. The van der Waals surface area contributed by atoms with Crippen molar-refractivity contribution in [1.82, 2.24) is 9.97 Å². The van der Waals surface area contributed by atoms with Crippen molar-refractivity contribution in [2.75, 3.05) is 6.61 Å². The molecule has 0 unspecified atom stereocenters. The highest BCUT2D eigenvalue weighted by atomic mass is 19.1. The standard InChI is InChI=1S/C16H19FN2O2/c1-5-21-15(20)12-13(16(2,3)4)19-14(18-12)10-6-8-11(17)9-7-10/h6-9H,5H2,1-4H3,(H,18,19). The van der Waals surface area contributed by atoms with Gasteiger partial charge in [0, 0.05) is 11.0 Å². The van der Waals surface area contributed by atoms with Gasteiger partial charge in [-0.25, -0.2) is 14.2 Å². The lowest BCUT2D eigenvalue weighted by atomic mass is 9.91. The number of halogens is 1. The van der Waals surface area contributed by atoms with Crippen LogP contribution in [0.4, 0.5) is 4.39 Å². The molecule has 0 fully saturated rings. The van der Waals surface area contributed by atoms with E-state index in [1.54, 1.807) is 19.1 Å². The molecule has 0 atom stereocenters. The van der Waals surface area contributed by atoms with Crippen molar-refractivity contribution in [1.29, 1.82) is 0 Å². The van der Waals surface area contributed by atoms with Gasteiger partial charge in [0.1, 0.15) is 11.6 Å². The Morgan fingerprint density at radius 3 is 2.43 bits per heavy atom. The molecule has 1 aromatic heterocycles. The molecule has 0 spiro atoms. The number of nitrogens with zero attached hydrogens (tertiary/aromatic N) is 1. The molecule has 112 valence electrons. The number of aromatic amines is 1. The summed E-state index contributed by atoms with van der Waals surface area (Å²) < 4.78 is 18.1. The van der Waals surface area contributed by atoms with Crippen molar-refractivity contribution in [2.45, 2.75) is 33.1 Å². The van der Waals surface area contributed by atoms with Gasteiger partial charge in [0.05, 0.1) is 12.3 Å². The smallest absolute Gasteiger partial charge is 0.358 e. The first-order valence-corrected chi connectivity index (χ1v) is 6.86. The van der Waals surface area contributed by atoms with Gasteiger partial charge in [-0.15, -0.1) is 0 Å². The second-order valence-electron chi connectivity index (χ2n) is 5.79. The summed E-state index contributed by atoms with van der Waals surface area (Å²) in [6.45, 7) is 8.00. The minimum Gasteiger partial charge on any atom is -0.461 e. The molecule has 5 heteroatoms. The van der Waals surface area contributed by atoms with Gasteiger partial charge in [-0.05, 0) is 31.2 Å². The lowest BCUT2D eigenvalue weighted by Gasteiger charge is -2.17. The van der Waals surface area contributed by atoms with Crippen LogP contribution in [0.5, 0.6) is 0 Å². The second-order valence-corrected chi connectivity index (χ2v) is 5.79. The molecule has 2 aromatic rings. The molecule has 0 bridgehead atoms. The van der Waals surface area contributed by atoms with E-state index in [1.165, 1.54) is 12.1 Å². The third-order valence-electron chi connectivity index (χ3n) is 3.04. The predicted molar refractivity (Wildman–Crippen MR) is 78.6 cm³/mol. The highest BCUT2D eigenvalue weighted by Crippen LogP contribution is 2.28. The van der Waals surface area contributed by atoms with Gasteiger partial charge < -0.3 is 9.72 Å². The number of carbonyl (C=O) groups is 1. The van der Waals surface area contributed by atoms with Crippen LogP contribution in [0.2, 0.25) is 0 Å². The minimum atomic E-state index is -0.452. The van der Waals surface area contributed by atoms with Gasteiger partial charge in [0.2, 0.25) is 0 Å². The van der Waals surface area contributed by atoms with Crippen LogP contribution in [0.1, 0.15) is 43.9 Å². The number of imidazole rings is 1. The maximum Gasteiger partial charge on any atom is 0.358 e. The van der Waals surface area contributed by atoms with Gasteiger partial charge in [0.25, 0.3) is 0 Å². The molecule has 1 N–H and O–H groups in total. The SMILES string of the molecule is CCOC(=O)c1nc(-c2ccc(F)cc2)[nH]c1C(C)(C)C. The van der Waals surface area contributed by atoms with E-state index in [9.17, 15) is 9.18 Å². The first kappa shape index (κ1) is 15.2. The number of benzene rings is 1. The average Bonchev–Trinajstić information content (AvgIpc) is 2.85. The van der Waals surface area contributed by atoms with Crippen LogP contribution in [0.15, 0.2) is 24.3 Å². The number of nitrogens with one attached hydrogen (secondary N) is 1. The van der Waals surface area contributed by atoms with Crippen LogP contribution >= 0.6 is 0 Å². The Morgan fingerprint density at radius 1 is 1.29 bits per heavy atom. The zero-order valence-corrected chi connectivity index (χ0v) is 12.7. The van der Waals surface area contributed by atoms with Crippen molar-refractivity contribution in [3.05, 3.63) is 41.5 Å². The van der Waals surface area contributed by atoms with Crippen molar-refractivity contribution in [3.63, 3.8) is 0 Å². The van der Waals surface area contributed by atoms with Crippen LogP contribution in [0, 0.1) is 5.82 Å². The summed E-state index contributed by atoms with van der Waals surface area (Å²) in [7, 11) is 0. The van der Waals surface area contributed by atoms with E-state index in [0.29, 0.717) is 18.1 Å². The fourth-order valence-electron chi connectivity index (χ4n) is 2.01. The first-order chi connectivity index (χ1) is 9.82. The number of hydrogen-bond donors (Lipinski definition) is 1. The Bertz CT molecular complexity index is 639. The molecule has 0 aliphatic carbocycles. The van der Waals surface area contributed by atoms with Crippen molar-refractivity contribution >= 4 is 5.97 Å². The van der Waals surface area contributed by atoms with Gasteiger partial charge in [0.15, 0.2) is 5.69 Å². The van der Waals surface area contributed by atoms with Gasteiger partial charge >= 0.3 is 5.97 Å². The number of carbonyl (C=O) groups excluding carboxylic acids is 1. The number of H-pyrrole nitrogens is 1. The van der Waals surface area contributed by atoms with Crippen LogP contribution in [0.25, 0.3) is 11.4 Å². The fourth-order valence-corrected chi connectivity index (χ4v) is 2.01. The third-order valence-corrected chi connectivity index (χ3v) is 3.04. The van der Waals surface area contributed by atoms with E-state index in [1.807, 2.05) is 20.8 Å². The molecule has 2 rings (SSSR count). The maximum atomic E-state index is 13.0. The van der Waals surface area contributed by atoms with E-state index < -0.39 is 5.97 Å². The molecule has 0 radical (unpaired) electrons. The summed E-state index contributed by atoms with van der Waals surface area (Å²) in [6, 6.07) is 5.96. The summed E-state index contributed by atoms with van der Waals surface area (Å²) in [5.74, 6) is -0.234. The topological polar surface area (TPSA) is 55.0 Å². The van der Waals surface area contributed by atoms with Crippen LogP contribution in [-0.4, -0.2) is 22.5 Å². The number of esters is 1. The fraction of sp³-hybridized carbons (Fsp3) is 0.375. The molecule has 0 amide bonds. The van der Waals surface area contributed by atoms with Crippen molar-refractivity contribution in [2.24, 2.45) is 0 Å². The number of ether oxygens (including phenoxy) is 1. The van der Waals surface area contributed by atoms with E-state index in [-0.39, 0.29) is 16.9 Å². The molecule has 0 aliphatic rings. The second kappa shape index (κ2) is 5.68. The summed E-state index contributed by atoms with van der Waals surface area (Å²) in [5.41, 5.74) is 1.43. The molecular weight excluding hydrogens is 271 g/mol. The number of aromatic nitrogens is 2. The summed E-state index contributed by atoms with van der Waals surface area (Å²) in [5, 5.41) is 0. The Hall–Kier alpha value is -2.17. The normalized spacial score (nSPS) is 11.5. The van der Waals surface area contributed by atoms with E-state index in [0.717, 1.165) is 5.56 Å². The van der Waals surface area contributed by atoms with Crippen molar-refractivity contribution < 1.29 is 13.9 Å². The lowest BCUT2D eigenvalue weighted by molar-refractivity contribution is 0.0517. The molecule has 1 heterocycles. The van der Waals surface area contributed by atoms with E-state index >= 15 is 0 Å². The first-order valence-electron chi connectivity index (χ1n) is 6.86. The van der Waals surface area contributed by atoms with Gasteiger partial charge in [-0.1, -0.05) is 20.8 Å². The zero-order chi connectivity index (χ0) is 15.6. The number of hydrogen-bond acceptors (Lipinski definition) is 3. The highest BCUT2D eigenvalue weighted by molar-refractivity contribution is 5.89. The van der Waals surface area contributed by atoms with E-state index in [4.69, 9.17) is 4.74 Å². The Kier molecular flexibility index (Phi) is 4.11. The Labute approximate surface area is 123 Å². The quantitative estimate of drug-likeness (QED) is 0.877. The van der Waals surface area contributed by atoms with Gasteiger partial charge in [-0.2, -0.15) is 0 Å². The lowest BCUT2D eigenvalue weighted by Crippen LogP contribution is -2.18. The molecule has 0 aliphatic heterocycles. The van der Waals surface area contributed by atoms with Gasteiger partial charge in [-0.3, -0.25) is 0 Å². The Morgan fingerprint density at radius 2 is 1.90 bits per heavy atom. The molecule has 0 saturated carbocycles. The molecule has 21 heavy (non-hydrogen) atoms. The zero-order valence-electron chi connectivity index (χ0n) is 12.7. The predicted octanol–water partition coefficient (Wildman–Crippen LogP) is 3.69. The van der Waals surface area contributed by atoms with E-state index in [2.05, 4.69) is 9.97 Å². The largest absolute Gasteiger partial charge is 0.461 e. The summed E-state index contributed by atoms with van der Waals surface area (Å²) >= 11 is 0. The van der Waals surface area contributed by atoms with Crippen LogP contribution in [-0.2, 0) is 10.2 Å². The molecule has 4 nitrogen and oxygen atoms in total. The summed E-state index contributed by atoms with van der Waals surface area (Å²) in [4.78, 5) is 19.6. The molecular formula is C16H19FN2O2. The van der Waals surface area contributed by atoms with Crippen molar-refractivity contribution in [3.8, 4) is 11.4 Å². The highest BCUT2D eigenvalue weighted by Gasteiger charge is 2.27. The van der Waals surface area contributed by atoms with Crippen LogP contribution in [0.3, 0.4) is 0 Å². The Balaban J connectivity index is 2.50. The molecule has 1 aromatic carbocycles. The molecule has 0 saturated heterocycles. The van der Waals surface area contributed by atoms with Crippen LogP contribution < -0.4 is 0 Å².